The zero-order chi connectivity index (χ0) is 14.2. The Bertz CT molecular complexity index is 721. The van der Waals surface area contributed by atoms with E-state index < -0.39 is 0 Å². The first kappa shape index (κ1) is 12.3. The van der Waals surface area contributed by atoms with Crippen molar-refractivity contribution in [1.82, 2.24) is 0 Å². The summed E-state index contributed by atoms with van der Waals surface area (Å²) in [5.41, 5.74) is 5.29. The van der Waals surface area contributed by atoms with E-state index in [1.807, 2.05) is 11.3 Å². The quantitative estimate of drug-likeness (QED) is 0.716. The number of aryl methyl sites for hydroxylation is 1. The SMILES string of the molecule is Cc1ccccc1N1[C@@H](C)C23CCC1(CC2)c1sccc13. The lowest BCUT2D eigenvalue weighted by atomic mass is 9.49. The molecule has 0 spiro atoms. The Morgan fingerprint density at radius 1 is 1.10 bits per heavy atom. The molecule has 2 heteroatoms. The lowest BCUT2D eigenvalue weighted by Gasteiger charge is -2.69. The number of para-hydroxylation sites is 1. The molecule has 4 heterocycles. The summed E-state index contributed by atoms with van der Waals surface area (Å²) in [6.07, 6.45) is 5.47. The Hall–Kier alpha value is -1.28. The minimum Gasteiger partial charge on any atom is -0.357 e. The first-order valence-electron chi connectivity index (χ1n) is 8.12. The van der Waals surface area contributed by atoms with Gasteiger partial charge in [-0.1, -0.05) is 18.2 Å². The van der Waals surface area contributed by atoms with E-state index in [1.165, 1.54) is 36.9 Å². The van der Waals surface area contributed by atoms with Gasteiger partial charge in [0.1, 0.15) is 0 Å². The zero-order valence-corrected chi connectivity index (χ0v) is 13.5. The summed E-state index contributed by atoms with van der Waals surface area (Å²) < 4.78 is 0. The van der Waals surface area contributed by atoms with Crippen LogP contribution in [0.3, 0.4) is 0 Å². The highest BCUT2D eigenvalue weighted by molar-refractivity contribution is 7.10. The molecule has 3 aliphatic heterocycles. The first-order valence-corrected chi connectivity index (χ1v) is 9.00. The molecule has 3 aliphatic carbocycles. The fourth-order valence-electron chi connectivity index (χ4n) is 5.55. The predicted octanol–water partition coefficient (Wildman–Crippen LogP) is 4.99. The summed E-state index contributed by atoms with van der Waals surface area (Å²) in [4.78, 5) is 4.48. The fourth-order valence-corrected chi connectivity index (χ4v) is 6.81. The number of nitrogens with zero attached hydrogens (tertiary/aromatic N) is 1. The molecule has 2 aromatic rings. The third-order valence-electron chi connectivity index (χ3n) is 6.62. The van der Waals surface area contributed by atoms with E-state index in [4.69, 9.17) is 0 Å². The molecule has 108 valence electrons. The summed E-state index contributed by atoms with van der Waals surface area (Å²) in [5.74, 6) is 0. The normalized spacial score (nSPS) is 36.1. The maximum atomic E-state index is 2.80. The van der Waals surface area contributed by atoms with Crippen LogP contribution in [-0.4, -0.2) is 6.04 Å². The largest absolute Gasteiger partial charge is 0.357 e. The zero-order valence-electron chi connectivity index (χ0n) is 12.7. The maximum absolute atomic E-state index is 2.80. The molecule has 6 aliphatic rings. The molecule has 1 atom stereocenters. The third-order valence-corrected chi connectivity index (χ3v) is 7.72. The van der Waals surface area contributed by atoms with E-state index in [9.17, 15) is 0 Å². The maximum Gasteiger partial charge on any atom is 0.0753 e. The lowest BCUT2D eigenvalue weighted by Crippen LogP contribution is -2.71. The Kier molecular flexibility index (Phi) is 2.18. The lowest BCUT2D eigenvalue weighted by molar-refractivity contribution is 0.0594. The first-order chi connectivity index (χ1) is 10.2. The van der Waals surface area contributed by atoms with E-state index in [-0.39, 0.29) is 5.54 Å². The van der Waals surface area contributed by atoms with Gasteiger partial charge in [0, 0.05) is 22.0 Å². The smallest absolute Gasteiger partial charge is 0.0753 e. The molecule has 2 bridgehead atoms. The number of thiophene rings is 1. The number of hydrogen-bond donors (Lipinski definition) is 0. The summed E-state index contributed by atoms with van der Waals surface area (Å²) in [7, 11) is 0. The molecule has 1 saturated carbocycles. The van der Waals surface area contributed by atoms with Gasteiger partial charge >= 0.3 is 0 Å². The molecule has 1 nitrogen and oxygen atoms in total. The van der Waals surface area contributed by atoms with Gasteiger partial charge in [-0.25, -0.2) is 0 Å². The van der Waals surface area contributed by atoms with Gasteiger partial charge in [-0.3, -0.25) is 0 Å². The predicted molar refractivity (Wildman–Crippen MR) is 89.3 cm³/mol. The van der Waals surface area contributed by atoms with Crippen LogP contribution in [0.15, 0.2) is 35.7 Å². The van der Waals surface area contributed by atoms with Crippen molar-refractivity contribution >= 4 is 17.0 Å². The van der Waals surface area contributed by atoms with Crippen LogP contribution >= 0.6 is 11.3 Å². The van der Waals surface area contributed by atoms with Gasteiger partial charge in [-0.2, -0.15) is 0 Å². The van der Waals surface area contributed by atoms with Gasteiger partial charge in [0.2, 0.25) is 0 Å². The molecule has 1 aromatic heterocycles. The fraction of sp³-hybridized carbons (Fsp3) is 0.474. The highest BCUT2D eigenvalue weighted by atomic mass is 32.1. The highest BCUT2D eigenvalue weighted by Crippen LogP contribution is 2.67. The van der Waals surface area contributed by atoms with Crippen LogP contribution in [0.5, 0.6) is 0 Å². The van der Waals surface area contributed by atoms with Crippen LogP contribution in [0.2, 0.25) is 0 Å². The summed E-state index contributed by atoms with van der Waals surface area (Å²) in [6, 6.07) is 12.0. The van der Waals surface area contributed by atoms with E-state index in [0.29, 0.717) is 11.5 Å². The summed E-state index contributed by atoms with van der Waals surface area (Å²) in [6.45, 7) is 4.74. The standard InChI is InChI=1S/C19H21NS/c1-13-5-3-4-6-16(13)20-14(2)18-8-10-19(20,11-9-18)17-15(18)7-12-21-17/h3-7,12,14H,8-11H2,1-2H3/t14-,18?,19?/m0/s1. The van der Waals surface area contributed by atoms with Crippen molar-refractivity contribution in [1.29, 1.82) is 0 Å². The van der Waals surface area contributed by atoms with Crippen LogP contribution in [0.1, 0.15) is 48.6 Å². The molecule has 0 amide bonds. The van der Waals surface area contributed by atoms with E-state index in [1.54, 1.807) is 10.4 Å². The minimum absolute atomic E-state index is 0.287. The third kappa shape index (κ3) is 1.21. The van der Waals surface area contributed by atoms with Crippen molar-refractivity contribution in [2.75, 3.05) is 4.90 Å². The van der Waals surface area contributed by atoms with Crippen LogP contribution < -0.4 is 4.90 Å². The van der Waals surface area contributed by atoms with Crippen LogP contribution in [0.25, 0.3) is 0 Å². The van der Waals surface area contributed by atoms with Crippen molar-refractivity contribution in [3.05, 3.63) is 51.7 Å². The number of rotatable bonds is 1. The van der Waals surface area contributed by atoms with Crippen molar-refractivity contribution in [3.63, 3.8) is 0 Å². The van der Waals surface area contributed by atoms with Gasteiger partial charge in [-0.05, 0) is 68.2 Å². The Morgan fingerprint density at radius 3 is 2.62 bits per heavy atom. The number of hydrogen-bond acceptors (Lipinski definition) is 2. The van der Waals surface area contributed by atoms with Gasteiger partial charge in [-0.15, -0.1) is 11.3 Å². The van der Waals surface area contributed by atoms with Crippen molar-refractivity contribution in [2.24, 2.45) is 0 Å². The van der Waals surface area contributed by atoms with E-state index in [2.05, 4.69) is 54.5 Å². The minimum atomic E-state index is 0.287. The second-order valence-corrected chi connectivity index (χ2v) is 8.10. The molecule has 0 unspecified atom stereocenters. The molecule has 2 saturated heterocycles. The Labute approximate surface area is 130 Å². The molecule has 1 aromatic carbocycles. The molecule has 0 N–H and O–H groups in total. The van der Waals surface area contributed by atoms with E-state index in [0.717, 1.165) is 0 Å². The van der Waals surface area contributed by atoms with E-state index >= 15 is 0 Å². The molecule has 0 radical (unpaired) electrons. The monoisotopic (exact) mass is 295 g/mol. The van der Waals surface area contributed by atoms with Crippen LogP contribution in [-0.2, 0) is 11.0 Å². The van der Waals surface area contributed by atoms with Crippen molar-refractivity contribution in [2.45, 2.75) is 56.5 Å². The van der Waals surface area contributed by atoms with Gasteiger partial charge in [0.25, 0.3) is 0 Å². The van der Waals surface area contributed by atoms with Crippen LogP contribution in [0.4, 0.5) is 5.69 Å². The second kappa shape index (κ2) is 3.73. The number of piperidine rings is 2. The Morgan fingerprint density at radius 2 is 1.86 bits per heavy atom. The topological polar surface area (TPSA) is 3.24 Å². The second-order valence-electron chi connectivity index (χ2n) is 7.18. The molecule has 3 fully saturated rings. The van der Waals surface area contributed by atoms with Crippen molar-refractivity contribution in [3.8, 4) is 0 Å². The van der Waals surface area contributed by atoms with Gasteiger partial charge < -0.3 is 4.90 Å². The molecule has 8 rings (SSSR count). The average Bonchev–Trinajstić information content (AvgIpc) is 3.02. The average molecular weight is 295 g/mol. The van der Waals surface area contributed by atoms with Gasteiger partial charge in [0.15, 0.2) is 0 Å². The summed E-state index contributed by atoms with van der Waals surface area (Å²) >= 11 is 2.00. The highest BCUT2D eigenvalue weighted by Gasteiger charge is 2.65. The number of anilines is 1. The van der Waals surface area contributed by atoms with Crippen LogP contribution in [0, 0.1) is 6.92 Å². The van der Waals surface area contributed by atoms with Crippen molar-refractivity contribution < 1.29 is 0 Å². The molecule has 21 heavy (non-hydrogen) atoms. The van der Waals surface area contributed by atoms with Gasteiger partial charge in [0.05, 0.1) is 5.54 Å². The Balaban J connectivity index is 1.80. The number of benzene rings is 1. The molecular formula is C19H21NS. The molecular weight excluding hydrogens is 274 g/mol. The summed E-state index contributed by atoms with van der Waals surface area (Å²) in [5, 5.41) is 2.33.